The van der Waals surface area contributed by atoms with Crippen LogP contribution in [0.3, 0.4) is 0 Å². The topological polar surface area (TPSA) is 55.8 Å². The molecule has 4 nitrogen and oxygen atoms in total. The first kappa shape index (κ1) is 13.2. The first-order valence-electron chi connectivity index (χ1n) is 4.19. The summed E-state index contributed by atoms with van der Waals surface area (Å²) >= 11 is 0. The van der Waals surface area contributed by atoms with Gasteiger partial charge in [0.05, 0.1) is 13.2 Å². The summed E-state index contributed by atoms with van der Waals surface area (Å²) in [5.41, 5.74) is 0. The molecule has 0 saturated carbocycles. The van der Waals surface area contributed by atoms with E-state index in [1.807, 2.05) is 0 Å². The molecular formula is C8H14F2O4. The van der Waals surface area contributed by atoms with Crippen molar-refractivity contribution in [2.75, 3.05) is 19.8 Å². The molecule has 1 N–H and O–H groups in total. The SMILES string of the molecule is CC(=O)OCC(O)COCCC(F)F. The van der Waals surface area contributed by atoms with Gasteiger partial charge in [-0.2, -0.15) is 0 Å². The monoisotopic (exact) mass is 212 g/mol. The van der Waals surface area contributed by atoms with E-state index in [0.717, 1.165) is 0 Å². The molecule has 0 spiro atoms. The minimum Gasteiger partial charge on any atom is -0.463 e. The molecule has 1 unspecified atom stereocenters. The first-order valence-corrected chi connectivity index (χ1v) is 4.19. The first-order chi connectivity index (χ1) is 6.52. The third-order valence-corrected chi connectivity index (χ3v) is 1.27. The van der Waals surface area contributed by atoms with Gasteiger partial charge < -0.3 is 14.6 Å². The average molecular weight is 212 g/mol. The fourth-order valence-electron chi connectivity index (χ4n) is 0.653. The van der Waals surface area contributed by atoms with Crippen molar-refractivity contribution in [2.45, 2.75) is 25.9 Å². The lowest BCUT2D eigenvalue weighted by Gasteiger charge is -2.10. The van der Waals surface area contributed by atoms with E-state index in [0.29, 0.717) is 0 Å². The number of ether oxygens (including phenoxy) is 2. The highest BCUT2D eigenvalue weighted by molar-refractivity contribution is 5.65. The Morgan fingerprint density at radius 3 is 2.57 bits per heavy atom. The third kappa shape index (κ3) is 9.34. The maximum Gasteiger partial charge on any atom is 0.302 e. The molecule has 0 saturated heterocycles. The van der Waals surface area contributed by atoms with Gasteiger partial charge in [-0.25, -0.2) is 8.78 Å². The molecule has 0 bridgehead atoms. The van der Waals surface area contributed by atoms with E-state index in [4.69, 9.17) is 9.84 Å². The Labute approximate surface area is 80.8 Å². The van der Waals surface area contributed by atoms with Crippen LogP contribution in [0, 0.1) is 0 Å². The van der Waals surface area contributed by atoms with Gasteiger partial charge in [0.15, 0.2) is 0 Å². The number of carbonyl (C=O) groups is 1. The molecule has 84 valence electrons. The number of hydrogen-bond donors (Lipinski definition) is 1. The lowest BCUT2D eigenvalue weighted by molar-refractivity contribution is -0.145. The number of carbonyl (C=O) groups excluding carboxylic acids is 1. The predicted molar refractivity (Wildman–Crippen MR) is 44.1 cm³/mol. The Balaban J connectivity index is 3.26. The Bertz CT molecular complexity index is 163. The largest absolute Gasteiger partial charge is 0.463 e. The highest BCUT2D eigenvalue weighted by atomic mass is 19.3. The second-order valence-electron chi connectivity index (χ2n) is 2.71. The predicted octanol–water partition coefficient (Wildman–Crippen LogP) is 0.582. The molecule has 0 heterocycles. The second-order valence-corrected chi connectivity index (χ2v) is 2.71. The zero-order valence-electron chi connectivity index (χ0n) is 7.91. The van der Waals surface area contributed by atoms with E-state index in [9.17, 15) is 13.6 Å². The molecule has 0 rings (SSSR count). The van der Waals surface area contributed by atoms with Crippen molar-refractivity contribution in [1.29, 1.82) is 0 Å². The van der Waals surface area contributed by atoms with Crippen LogP contribution in [0.5, 0.6) is 0 Å². The molecule has 0 radical (unpaired) electrons. The highest BCUT2D eigenvalue weighted by Crippen LogP contribution is 1.99. The van der Waals surface area contributed by atoms with Crippen LogP contribution in [0.4, 0.5) is 8.78 Å². The summed E-state index contributed by atoms with van der Waals surface area (Å²) in [6.07, 6.45) is -3.72. The van der Waals surface area contributed by atoms with Gasteiger partial charge in [0.25, 0.3) is 0 Å². The second kappa shape index (κ2) is 7.64. The van der Waals surface area contributed by atoms with Crippen molar-refractivity contribution in [2.24, 2.45) is 0 Å². The van der Waals surface area contributed by atoms with E-state index in [2.05, 4.69) is 4.74 Å². The molecule has 0 aliphatic heterocycles. The van der Waals surface area contributed by atoms with Crippen LogP contribution in [-0.2, 0) is 14.3 Å². The molecule has 0 aromatic rings. The normalized spacial score (nSPS) is 12.9. The number of esters is 1. The molecule has 1 atom stereocenters. The summed E-state index contributed by atoms with van der Waals surface area (Å²) in [7, 11) is 0. The van der Waals surface area contributed by atoms with Crippen LogP contribution in [0.25, 0.3) is 0 Å². The fourth-order valence-corrected chi connectivity index (χ4v) is 0.653. The zero-order valence-corrected chi connectivity index (χ0v) is 7.91. The van der Waals surface area contributed by atoms with Gasteiger partial charge >= 0.3 is 5.97 Å². The quantitative estimate of drug-likeness (QED) is 0.495. The van der Waals surface area contributed by atoms with Gasteiger partial charge in [-0.3, -0.25) is 4.79 Å². The van der Waals surface area contributed by atoms with Gasteiger partial charge in [-0.15, -0.1) is 0 Å². The summed E-state index contributed by atoms with van der Waals surface area (Å²) in [6.45, 7) is 0.809. The maximum absolute atomic E-state index is 11.6. The van der Waals surface area contributed by atoms with E-state index >= 15 is 0 Å². The van der Waals surface area contributed by atoms with Gasteiger partial charge in [0.2, 0.25) is 6.43 Å². The van der Waals surface area contributed by atoms with E-state index in [-0.39, 0.29) is 26.2 Å². The van der Waals surface area contributed by atoms with Crippen molar-refractivity contribution in [1.82, 2.24) is 0 Å². The number of rotatable bonds is 7. The van der Waals surface area contributed by atoms with Gasteiger partial charge in [0.1, 0.15) is 12.7 Å². The van der Waals surface area contributed by atoms with E-state index < -0.39 is 18.5 Å². The van der Waals surface area contributed by atoms with Crippen LogP contribution in [0.15, 0.2) is 0 Å². The number of hydrogen-bond acceptors (Lipinski definition) is 4. The molecule has 0 fully saturated rings. The van der Waals surface area contributed by atoms with Crippen molar-refractivity contribution in [3.05, 3.63) is 0 Å². The molecule has 0 aromatic heterocycles. The Kier molecular flexibility index (Phi) is 7.23. The minimum atomic E-state index is -2.40. The summed E-state index contributed by atoms with van der Waals surface area (Å²) < 4.78 is 32.4. The van der Waals surface area contributed by atoms with Crippen LogP contribution < -0.4 is 0 Å². The lowest BCUT2D eigenvalue weighted by atomic mass is 10.4. The minimum absolute atomic E-state index is 0.111. The van der Waals surface area contributed by atoms with E-state index in [1.54, 1.807) is 0 Å². The van der Waals surface area contributed by atoms with Crippen molar-refractivity contribution < 1.29 is 28.2 Å². The molecule has 0 aromatic carbocycles. The number of alkyl halides is 2. The average Bonchev–Trinajstić information content (AvgIpc) is 2.08. The summed E-state index contributed by atoms with van der Waals surface area (Å²) in [5.74, 6) is -0.503. The molecule has 14 heavy (non-hydrogen) atoms. The molecule has 0 amide bonds. The van der Waals surface area contributed by atoms with Crippen molar-refractivity contribution >= 4 is 5.97 Å². The van der Waals surface area contributed by atoms with Crippen LogP contribution >= 0.6 is 0 Å². The summed E-state index contributed by atoms with van der Waals surface area (Å²) in [5, 5.41) is 9.07. The van der Waals surface area contributed by atoms with Gasteiger partial charge in [-0.05, 0) is 0 Å². The van der Waals surface area contributed by atoms with Crippen LogP contribution in [-0.4, -0.2) is 43.4 Å². The zero-order chi connectivity index (χ0) is 11.0. The van der Waals surface area contributed by atoms with Crippen LogP contribution in [0.1, 0.15) is 13.3 Å². The highest BCUT2D eigenvalue weighted by Gasteiger charge is 2.07. The summed E-state index contributed by atoms with van der Waals surface area (Å²) in [4.78, 5) is 10.3. The van der Waals surface area contributed by atoms with Crippen LogP contribution in [0.2, 0.25) is 0 Å². The van der Waals surface area contributed by atoms with Crippen molar-refractivity contribution in [3.63, 3.8) is 0 Å². The Hall–Kier alpha value is -0.750. The number of aliphatic hydroxyl groups is 1. The number of halogens is 2. The molecule has 6 heteroatoms. The van der Waals surface area contributed by atoms with Gasteiger partial charge in [0, 0.05) is 13.3 Å². The van der Waals surface area contributed by atoms with Gasteiger partial charge in [-0.1, -0.05) is 0 Å². The molecule has 0 aliphatic rings. The molecule has 0 aliphatic carbocycles. The van der Waals surface area contributed by atoms with E-state index in [1.165, 1.54) is 6.92 Å². The molecular weight excluding hydrogens is 198 g/mol. The third-order valence-electron chi connectivity index (χ3n) is 1.27. The summed E-state index contributed by atoms with van der Waals surface area (Å²) in [6, 6.07) is 0. The fraction of sp³-hybridized carbons (Fsp3) is 0.875. The maximum atomic E-state index is 11.6. The Morgan fingerprint density at radius 1 is 1.43 bits per heavy atom. The standard InChI is InChI=1S/C8H14F2O4/c1-6(11)14-5-7(12)4-13-3-2-8(9)10/h7-8,12H,2-5H2,1H3. The smallest absolute Gasteiger partial charge is 0.302 e. The lowest BCUT2D eigenvalue weighted by Crippen LogP contribution is -2.23. The number of aliphatic hydroxyl groups excluding tert-OH is 1. The van der Waals surface area contributed by atoms with Crippen molar-refractivity contribution in [3.8, 4) is 0 Å². The Morgan fingerprint density at radius 2 is 2.07 bits per heavy atom.